The van der Waals surface area contributed by atoms with Crippen molar-refractivity contribution in [2.45, 2.75) is 0 Å². The number of thiazole rings is 1. The number of benzene rings is 1. The fraction of sp³-hybridized carbons (Fsp3) is 0.0714. The van der Waals surface area contributed by atoms with Crippen LogP contribution in [0.15, 0.2) is 34.4 Å². The van der Waals surface area contributed by atoms with Crippen LogP contribution in [0.2, 0.25) is 0 Å². The molecule has 112 valence electrons. The third-order valence-electron chi connectivity index (χ3n) is 3.13. The fourth-order valence-electron chi connectivity index (χ4n) is 2.15. The molecule has 0 spiro atoms. The molecule has 22 heavy (non-hydrogen) atoms. The molecule has 0 aliphatic heterocycles. The average Bonchev–Trinajstić information content (AvgIpc) is 3.04. The van der Waals surface area contributed by atoms with Gasteiger partial charge in [0.05, 0.1) is 5.56 Å². The summed E-state index contributed by atoms with van der Waals surface area (Å²) in [6.45, 7) is 0. The third-order valence-corrected chi connectivity index (χ3v) is 3.98. The Morgan fingerprint density at radius 2 is 2.05 bits per heavy atom. The molecule has 0 bridgehead atoms. The molecule has 0 atom stereocenters. The number of aromatic amines is 1. The summed E-state index contributed by atoms with van der Waals surface area (Å²) in [7, 11) is 1.63. The molecule has 2 aromatic heterocycles. The monoisotopic (exact) mass is 319 g/mol. The summed E-state index contributed by atoms with van der Waals surface area (Å²) in [6.07, 6.45) is 0. The molecule has 2 heterocycles. The Morgan fingerprint density at radius 3 is 2.64 bits per heavy atom. The number of H-pyrrole nitrogens is 1. The first-order valence-electron chi connectivity index (χ1n) is 6.21. The van der Waals surface area contributed by atoms with Crippen molar-refractivity contribution in [3.05, 3.63) is 51.5 Å². The highest BCUT2D eigenvalue weighted by Gasteiger charge is 2.20. The van der Waals surface area contributed by atoms with Crippen molar-refractivity contribution < 1.29 is 14.3 Å². The predicted molar refractivity (Wildman–Crippen MR) is 79.5 cm³/mol. The maximum absolute atomic E-state index is 13.1. The number of aromatic carboxylic acids is 1. The number of aryl methyl sites for hydroxylation is 1. The van der Waals surface area contributed by atoms with Crippen LogP contribution in [0.5, 0.6) is 0 Å². The zero-order chi connectivity index (χ0) is 15.9. The smallest absolute Gasteiger partial charge is 0.355 e. The number of nitrogens with one attached hydrogen (secondary N) is 1. The van der Waals surface area contributed by atoms with Crippen molar-refractivity contribution in [1.82, 2.24) is 14.8 Å². The van der Waals surface area contributed by atoms with E-state index in [4.69, 9.17) is 5.11 Å². The number of hydrogen-bond donors (Lipinski definition) is 2. The predicted octanol–water partition coefficient (Wildman–Crippen LogP) is 2.34. The topological polar surface area (TPSA) is 88.0 Å². The van der Waals surface area contributed by atoms with E-state index >= 15 is 0 Å². The van der Waals surface area contributed by atoms with Gasteiger partial charge in [-0.05, 0) is 17.7 Å². The summed E-state index contributed by atoms with van der Waals surface area (Å²) >= 11 is 1.12. The quantitative estimate of drug-likeness (QED) is 0.775. The number of carboxylic acids is 1. The largest absolute Gasteiger partial charge is 0.476 e. The number of aromatic nitrogens is 3. The van der Waals surface area contributed by atoms with Gasteiger partial charge in [-0.25, -0.2) is 14.2 Å². The second kappa shape index (κ2) is 5.23. The molecule has 0 aliphatic rings. The van der Waals surface area contributed by atoms with Crippen LogP contribution < -0.4 is 5.56 Å². The Hall–Kier alpha value is -2.74. The number of rotatable bonds is 3. The molecule has 8 heteroatoms. The average molecular weight is 319 g/mol. The first-order chi connectivity index (χ1) is 10.5. The first-order valence-corrected chi connectivity index (χ1v) is 7.09. The Balaban J connectivity index is 2.21. The third kappa shape index (κ3) is 2.33. The first kappa shape index (κ1) is 14.2. The van der Waals surface area contributed by atoms with E-state index in [1.54, 1.807) is 7.05 Å². The molecular weight excluding hydrogens is 309 g/mol. The van der Waals surface area contributed by atoms with Crippen LogP contribution >= 0.6 is 11.3 Å². The van der Waals surface area contributed by atoms with Gasteiger partial charge in [0.25, 0.3) is 5.56 Å². The number of carboxylic acid groups (broad SMARTS) is 1. The van der Waals surface area contributed by atoms with Gasteiger partial charge >= 0.3 is 5.97 Å². The number of halogens is 1. The molecular formula is C14H10FN3O3S. The van der Waals surface area contributed by atoms with Gasteiger partial charge in [-0.2, -0.15) is 0 Å². The van der Waals surface area contributed by atoms with Crippen LogP contribution in [0.3, 0.4) is 0 Å². The molecule has 3 rings (SSSR count). The molecule has 0 radical (unpaired) electrons. The van der Waals surface area contributed by atoms with Crippen LogP contribution in [0.25, 0.3) is 21.8 Å². The Morgan fingerprint density at radius 1 is 1.36 bits per heavy atom. The lowest BCUT2D eigenvalue weighted by Gasteiger charge is -2.03. The van der Waals surface area contributed by atoms with Crippen molar-refractivity contribution in [1.29, 1.82) is 0 Å². The zero-order valence-corrected chi connectivity index (χ0v) is 12.1. The maximum Gasteiger partial charge on any atom is 0.355 e. The van der Waals surface area contributed by atoms with Crippen LogP contribution in [0.1, 0.15) is 10.5 Å². The van der Waals surface area contributed by atoms with Gasteiger partial charge in [0.15, 0.2) is 5.69 Å². The normalized spacial score (nSPS) is 10.8. The lowest BCUT2D eigenvalue weighted by Crippen LogP contribution is -2.03. The van der Waals surface area contributed by atoms with E-state index in [0.717, 1.165) is 11.3 Å². The van der Waals surface area contributed by atoms with Gasteiger partial charge in [0.2, 0.25) is 0 Å². The van der Waals surface area contributed by atoms with E-state index in [1.165, 1.54) is 34.3 Å². The van der Waals surface area contributed by atoms with Gasteiger partial charge in [-0.1, -0.05) is 12.1 Å². The van der Waals surface area contributed by atoms with Crippen LogP contribution in [-0.2, 0) is 7.05 Å². The molecule has 0 amide bonds. The number of nitrogens with zero attached hydrogens (tertiary/aromatic N) is 2. The van der Waals surface area contributed by atoms with E-state index in [0.29, 0.717) is 21.8 Å². The van der Waals surface area contributed by atoms with E-state index in [1.807, 2.05) is 0 Å². The minimum absolute atomic E-state index is 0.0845. The van der Waals surface area contributed by atoms with Gasteiger partial charge in [0.1, 0.15) is 16.5 Å². The minimum atomic E-state index is -1.13. The lowest BCUT2D eigenvalue weighted by molar-refractivity contribution is 0.0691. The van der Waals surface area contributed by atoms with Crippen molar-refractivity contribution in [3.8, 4) is 21.8 Å². The Labute approximate surface area is 127 Å². The Bertz CT molecular complexity index is 908. The number of hydrogen-bond acceptors (Lipinski definition) is 4. The summed E-state index contributed by atoms with van der Waals surface area (Å²) in [4.78, 5) is 27.1. The molecule has 1 aromatic carbocycles. The molecule has 6 nitrogen and oxygen atoms in total. The van der Waals surface area contributed by atoms with Crippen LogP contribution in [0.4, 0.5) is 4.39 Å². The molecule has 0 unspecified atom stereocenters. The summed E-state index contributed by atoms with van der Waals surface area (Å²) in [5.74, 6) is -1.54. The highest BCUT2D eigenvalue weighted by Crippen LogP contribution is 2.31. The SMILES string of the molecule is Cn1[nH]c(=O)c(-c2ccc(F)cc2)c1-c1nc(C(=O)O)cs1. The van der Waals surface area contributed by atoms with Crippen molar-refractivity contribution in [2.24, 2.45) is 7.05 Å². The van der Waals surface area contributed by atoms with Gasteiger partial charge in [-0.3, -0.25) is 14.6 Å². The summed E-state index contributed by atoms with van der Waals surface area (Å²) in [5, 5.41) is 13.4. The standard InChI is InChI=1S/C14H10FN3O3S/c1-18-11(13-16-9(6-22-13)14(20)21)10(12(19)17-18)7-2-4-8(15)5-3-7/h2-6H,1H3,(H,17,19)(H,20,21). The van der Waals surface area contributed by atoms with E-state index in [2.05, 4.69) is 10.1 Å². The highest BCUT2D eigenvalue weighted by atomic mass is 32.1. The van der Waals surface area contributed by atoms with E-state index < -0.39 is 11.8 Å². The van der Waals surface area contributed by atoms with E-state index in [-0.39, 0.29) is 11.3 Å². The summed E-state index contributed by atoms with van der Waals surface area (Å²) in [5.41, 5.74) is 0.892. The zero-order valence-electron chi connectivity index (χ0n) is 11.3. The summed E-state index contributed by atoms with van der Waals surface area (Å²) < 4.78 is 14.5. The summed E-state index contributed by atoms with van der Waals surface area (Å²) in [6, 6.07) is 5.51. The molecule has 2 N–H and O–H groups in total. The molecule has 3 aromatic rings. The lowest BCUT2D eigenvalue weighted by atomic mass is 10.1. The second-order valence-electron chi connectivity index (χ2n) is 4.57. The van der Waals surface area contributed by atoms with Gasteiger partial charge < -0.3 is 5.11 Å². The van der Waals surface area contributed by atoms with Gasteiger partial charge in [0, 0.05) is 12.4 Å². The molecule has 0 fully saturated rings. The fourth-order valence-corrected chi connectivity index (χ4v) is 3.03. The number of carbonyl (C=O) groups is 1. The minimum Gasteiger partial charge on any atom is -0.476 e. The van der Waals surface area contributed by atoms with Crippen molar-refractivity contribution in [3.63, 3.8) is 0 Å². The maximum atomic E-state index is 13.1. The molecule has 0 saturated heterocycles. The van der Waals surface area contributed by atoms with Crippen LogP contribution in [0, 0.1) is 5.82 Å². The van der Waals surface area contributed by atoms with E-state index in [9.17, 15) is 14.0 Å². The second-order valence-corrected chi connectivity index (χ2v) is 5.43. The van der Waals surface area contributed by atoms with Gasteiger partial charge in [-0.15, -0.1) is 11.3 Å². The van der Waals surface area contributed by atoms with Crippen molar-refractivity contribution >= 4 is 17.3 Å². The van der Waals surface area contributed by atoms with Crippen LogP contribution in [-0.4, -0.2) is 25.8 Å². The molecule has 0 aliphatic carbocycles. The van der Waals surface area contributed by atoms with Crippen molar-refractivity contribution in [2.75, 3.05) is 0 Å². The highest BCUT2D eigenvalue weighted by molar-refractivity contribution is 7.13. The molecule has 0 saturated carbocycles. The Kier molecular flexibility index (Phi) is 3.38.